The van der Waals surface area contributed by atoms with Crippen molar-refractivity contribution >= 4 is 11.0 Å². The third-order valence-electron chi connectivity index (χ3n) is 3.56. The van der Waals surface area contributed by atoms with Gasteiger partial charge in [-0.3, -0.25) is 4.90 Å². The van der Waals surface area contributed by atoms with Gasteiger partial charge in [0.05, 0.1) is 6.61 Å². The predicted molar refractivity (Wildman–Crippen MR) is 84.9 cm³/mol. The number of hydrogen-bond donors (Lipinski definition) is 0. The Morgan fingerprint density at radius 1 is 1.14 bits per heavy atom. The summed E-state index contributed by atoms with van der Waals surface area (Å²) in [5.41, 5.74) is 1.29. The van der Waals surface area contributed by atoms with Crippen molar-refractivity contribution in [3.8, 4) is 5.75 Å². The van der Waals surface area contributed by atoms with Crippen molar-refractivity contribution in [1.29, 1.82) is 0 Å². The van der Waals surface area contributed by atoms with Crippen molar-refractivity contribution in [1.82, 2.24) is 4.90 Å². The highest BCUT2D eigenvalue weighted by atomic mass is 16.5. The molecule has 0 aliphatic heterocycles. The minimum Gasteiger partial charge on any atom is -0.493 e. The zero-order valence-electron chi connectivity index (χ0n) is 13.0. The molecule has 1 heterocycles. The van der Waals surface area contributed by atoms with Gasteiger partial charge in [-0.15, -0.1) is 0 Å². The topological polar surface area (TPSA) is 42.7 Å². The molecule has 0 saturated heterocycles. The molecule has 21 heavy (non-hydrogen) atoms. The van der Waals surface area contributed by atoms with E-state index in [-0.39, 0.29) is 5.63 Å². The maximum atomic E-state index is 11.8. The summed E-state index contributed by atoms with van der Waals surface area (Å²) in [7, 11) is 0. The van der Waals surface area contributed by atoms with E-state index in [9.17, 15) is 4.79 Å². The van der Waals surface area contributed by atoms with Gasteiger partial charge in [0.15, 0.2) is 0 Å². The molecule has 0 radical (unpaired) electrons. The second-order valence-electron chi connectivity index (χ2n) is 5.06. The van der Waals surface area contributed by atoms with E-state index >= 15 is 0 Å². The van der Waals surface area contributed by atoms with Gasteiger partial charge >= 0.3 is 5.63 Å². The average molecular weight is 289 g/mol. The van der Waals surface area contributed by atoms with Crippen LogP contribution in [0.2, 0.25) is 0 Å². The number of ether oxygens (including phenoxy) is 1. The Hall–Kier alpha value is -1.81. The smallest absolute Gasteiger partial charge is 0.336 e. The first-order valence-corrected chi connectivity index (χ1v) is 7.59. The average Bonchev–Trinajstić information content (AvgIpc) is 2.49. The van der Waals surface area contributed by atoms with Gasteiger partial charge in [0, 0.05) is 24.1 Å². The molecule has 0 spiro atoms. The molecule has 0 aliphatic carbocycles. The second kappa shape index (κ2) is 7.27. The van der Waals surface area contributed by atoms with Crippen molar-refractivity contribution in [2.75, 3.05) is 19.7 Å². The van der Waals surface area contributed by atoms with Crippen LogP contribution < -0.4 is 10.4 Å². The highest BCUT2D eigenvalue weighted by Gasteiger charge is 2.09. The molecule has 0 amide bonds. The molecule has 0 unspecified atom stereocenters. The normalized spacial score (nSPS) is 11.2. The van der Waals surface area contributed by atoms with Crippen molar-refractivity contribution in [2.45, 2.75) is 33.7 Å². The highest BCUT2D eigenvalue weighted by Crippen LogP contribution is 2.23. The van der Waals surface area contributed by atoms with E-state index in [1.807, 2.05) is 12.1 Å². The molecule has 2 aromatic rings. The molecule has 4 nitrogen and oxygen atoms in total. The number of benzene rings is 1. The van der Waals surface area contributed by atoms with Crippen LogP contribution in [0.5, 0.6) is 5.75 Å². The molecule has 0 fully saturated rings. The van der Waals surface area contributed by atoms with Crippen LogP contribution in [0.3, 0.4) is 0 Å². The molecule has 1 aromatic heterocycles. The summed E-state index contributed by atoms with van der Waals surface area (Å²) >= 11 is 0. The van der Waals surface area contributed by atoms with Gasteiger partial charge in [-0.05, 0) is 37.2 Å². The molecule has 0 atom stereocenters. The lowest BCUT2D eigenvalue weighted by Gasteiger charge is -2.18. The minimum atomic E-state index is -0.308. The van der Waals surface area contributed by atoms with Crippen molar-refractivity contribution in [2.24, 2.45) is 0 Å². The Morgan fingerprint density at radius 3 is 2.57 bits per heavy atom. The summed E-state index contributed by atoms with van der Waals surface area (Å²) in [4.78, 5) is 14.0. The van der Waals surface area contributed by atoms with Gasteiger partial charge in [-0.1, -0.05) is 20.8 Å². The Balaban J connectivity index is 2.39. The molecule has 2 rings (SSSR count). The first-order valence-electron chi connectivity index (χ1n) is 7.59. The Labute approximate surface area is 125 Å². The van der Waals surface area contributed by atoms with E-state index in [2.05, 4.69) is 25.7 Å². The first kappa shape index (κ1) is 15.6. The molecule has 0 N–H and O–H groups in total. The monoisotopic (exact) mass is 289 g/mol. The van der Waals surface area contributed by atoms with Crippen LogP contribution in [0.25, 0.3) is 11.0 Å². The summed E-state index contributed by atoms with van der Waals surface area (Å²) in [6.07, 6.45) is 0.948. The van der Waals surface area contributed by atoms with Gasteiger partial charge in [-0.25, -0.2) is 4.79 Å². The van der Waals surface area contributed by atoms with Crippen LogP contribution in [-0.2, 0) is 6.54 Å². The zero-order chi connectivity index (χ0) is 15.2. The molecule has 114 valence electrons. The molecular formula is C17H23NO3. The molecule has 4 heteroatoms. The maximum absolute atomic E-state index is 11.8. The Morgan fingerprint density at radius 2 is 1.90 bits per heavy atom. The van der Waals surface area contributed by atoms with Gasteiger partial charge in [0.1, 0.15) is 11.3 Å². The third-order valence-corrected chi connectivity index (χ3v) is 3.56. The van der Waals surface area contributed by atoms with Crippen LogP contribution in [-0.4, -0.2) is 24.6 Å². The van der Waals surface area contributed by atoms with Gasteiger partial charge < -0.3 is 9.15 Å². The van der Waals surface area contributed by atoms with Crippen LogP contribution in [0.1, 0.15) is 32.8 Å². The minimum absolute atomic E-state index is 0.308. The maximum Gasteiger partial charge on any atom is 0.336 e. The first-order chi connectivity index (χ1) is 10.2. The number of hydrogen-bond acceptors (Lipinski definition) is 4. The summed E-state index contributed by atoms with van der Waals surface area (Å²) in [5, 5.41) is 0.977. The molecule has 0 bridgehead atoms. The van der Waals surface area contributed by atoms with Crippen LogP contribution in [0.15, 0.2) is 33.5 Å². The lowest BCUT2D eigenvalue weighted by atomic mass is 10.1. The van der Waals surface area contributed by atoms with Crippen LogP contribution >= 0.6 is 0 Å². The van der Waals surface area contributed by atoms with Crippen LogP contribution in [0, 0.1) is 0 Å². The second-order valence-corrected chi connectivity index (χ2v) is 5.06. The van der Waals surface area contributed by atoms with E-state index < -0.39 is 0 Å². The number of rotatable bonds is 7. The van der Waals surface area contributed by atoms with E-state index in [1.165, 1.54) is 0 Å². The van der Waals surface area contributed by atoms with E-state index in [0.29, 0.717) is 12.2 Å². The molecule has 0 aliphatic rings. The van der Waals surface area contributed by atoms with E-state index in [1.54, 1.807) is 12.1 Å². The Bertz CT molecular complexity index is 644. The number of fused-ring (bicyclic) bond motifs is 1. The molecule has 0 saturated carbocycles. The highest BCUT2D eigenvalue weighted by molar-refractivity contribution is 5.81. The predicted octanol–water partition coefficient (Wildman–Crippen LogP) is 3.42. The van der Waals surface area contributed by atoms with Crippen molar-refractivity contribution in [3.05, 3.63) is 40.2 Å². The van der Waals surface area contributed by atoms with Crippen molar-refractivity contribution < 1.29 is 9.15 Å². The van der Waals surface area contributed by atoms with Gasteiger partial charge in [0.25, 0.3) is 0 Å². The fourth-order valence-corrected chi connectivity index (χ4v) is 2.34. The van der Waals surface area contributed by atoms with E-state index in [4.69, 9.17) is 9.15 Å². The summed E-state index contributed by atoms with van der Waals surface area (Å²) < 4.78 is 10.9. The van der Waals surface area contributed by atoms with Crippen molar-refractivity contribution in [3.63, 3.8) is 0 Å². The van der Waals surface area contributed by atoms with Gasteiger partial charge in [0.2, 0.25) is 0 Å². The Kier molecular flexibility index (Phi) is 5.39. The lowest BCUT2D eigenvalue weighted by Crippen LogP contribution is -2.23. The third kappa shape index (κ3) is 3.85. The quantitative estimate of drug-likeness (QED) is 0.732. The van der Waals surface area contributed by atoms with E-state index in [0.717, 1.165) is 42.8 Å². The largest absolute Gasteiger partial charge is 0.493 e. The lowest BCUT2D eigenvalue weighted by molar-refractivity contribution is 0.296. The summed E-state index contributed by atoms with van der Waals surface area (Å²) in [6.45, 7) is 9.62. The van der Waals surface area contributed by atoms with Crippen LogP contribution in [0.4, 0.5) is 0 Å². The molecular weight excluding hydrogens is 266 g/mol. The zero-order valence-corrected chi connectivity index (χ0v) is 13.0. The SMILES string of the molecule is CCCOc1ccc2c(CN(CC)CC)cc(=O)oc2c1. The summed E-state index contributed by atoms with van der Waals surface area (Å²) in [6, 6.07) is 7.30. The standard InChI is InChI=1S/C17H23NO3/c1-4-9-20-14-7-8-15-13(12-18(5-2)6-3)10-17(19)21-16(15)11-14/h7-8,10-11H,4-6,9,12H2,1-3H3. The molecule has 1 aromatic carbocycles. The fourth-order valence-electron chi connectivity index (χ4n) is 2.34. The van der Waals surface area contributed by atoms with Gasteiger partial charge in [-0.2, -0.15) is 0 Å². The fraction of sp³-hybridized carbons (Fsp3) is 0.471. The summed E-state index contributed by atoms with van der Waals surface area (Å²) in [5.74, 6) is 0.743. The number of nitrogens with zero attached hydrogens (tertiary/aromatic N) is 1.